The van der Waals surface area contributed by atoms with Crippen molar-refractivity contribution >= 4 is 27.3 Å². The van der Waals surface area contributed by atoms with Crippen molar-refractivity contribution < 1.29 is 13.2 Å². The predicted molar refractivity (Wildman–Crippen MR) is 65.2 cm³/mol. The van der Waals surface area contributed by atoms with Gasteiger partial charge >= 0.3 is 6.18 Å². The fourth-order valence-corrected chi connectivity index (χ4v) is 2.56. The first-order valence-corrected chi connectivity index (χ1v) is 6.63. The molecule has 0 aliphatic heterocycles. The van der Waals surface area contributed by atoms with Gasteiger partial charge in [-0.1, -0.05) is 28.1 Å². The number of alkyl halides is 4. The van der Waals surface area contributed by atoms with Gasteiger partial charge in [-0.15, -0.1) is 11.3 Å². The minimum atomic E-state index is -4.29. The number of rotatable bonds is 2. The summed E-state index contributed by atoms with van der Waals surface area (Å²) in [5.41, 5.74) is 0.0636. The highest BCUT2D eigenvalue weighted by atomic mass is 79.9. The van der Waals surface area contributed by atoms with Crippen molar-refractivity contribution in [3.05, 3.63) is 40.9 Å². The number of aromatic nitrogens is 1. The van der Waals surface area contributed by atoms with Crippen LogP contribution >= 0.6 is 27.3 Å². The molecule has 0 saturated heterocycles. The van der Waals surface area contributed by atoms with Crippen molar-refractivity contribution in [2.45, 2.75) is 11.5 Å². The molecule has 0 aliphatic rings. The molecular formula is C11H7BrF3NS. The van der Waals surface area contributed by atoms with Crippen LogP contribution in [-0.4, -0.2) is 4.98 Å². The zero-order valence-electron chi connectivity index (χ0n) is 8.46. The second-order valence-corrected chi connectivity index (χ2v) is 5.02. The molecule has 1 heterocycles. The Morgan fingerprint density at radius 3 is 2.29 bits per heavy atom. The number of hydrogen-bond donors (Lipinski definition) is 0. The van der Waals surface area contributed by atoms with Gasteiger partial charge in [0.05, 0.1) is 5.56 Å². The van der Waals surface area contributed by atoms with E-state index in [1.54, 1.807) is 6.20 Å². The minimum absolute atomic E-state index is 0.640. The molecule has 2 aromatic rings. The third-order valence-corrected chi connectivity index (χ3v) is 4.17. The van der Waals surface area contributed by atoms with E-state index in [1.165, 1.54) is 23.5 Å². The van der Waals surface area contributed by atoms with Gasteiger partial charge in [0.1, 0.15) is 5.01 Å². The predicted octanol–water partition coefficient (Wildman–Crippen LogP) is 4.72. The van der Waals surface area contributed by atoms with E-state index in [9.17, 15) is 13.2 Å². The average Bonchev–Trinajstić information content (AvgIpc) is 2.76. The molecule has 0 aliphatic carbocycles. The van der Waals surface area contributed by atoms with Gasteiger partial charge in [-0.3, -0.25) is 0 Å². The van der Waals surface area contributed by atoms with Crippen molar-refractivity contribution in [1.29, 1.82) is 0 Å². The summed E-state index contributed by atoms with van der Waals surface area (Å²) in [5.74, 6) is 0. The van der Waals surface area contributed by atoms with Crippen molar-refractivity contribution in [3.63, 3.8) is 0 Å². The van der Waals surface area contributed by atoms with Crippen molar-refractivity contribution in [2.24, 2.45) is 0 Å². The molecule has 2 rings (SSSR count). The molecule has 1 aromatic heterocycles. The normalized spacial score (nSPS) is 11.8. The third kappa shape index (κ3) is 2.87. The molecule has 0 N–H and O–H groups in total. The van der Waals surface area contributed by atoms with Crippen LogP contribution in [0.1, 0.15) is 10.4 Å². The van der Waals surface area contributed by atoms with Crippen LogP contribution in [0.2, 0.25) is 0 Å². The lowest BCUT2D eigenvalue weighted by molar-refractivity contribution is -0.137. The monoisotopic (exact) mass is 321 g/mol. The summed E-state index contributed by atoms with van der Waals surface area (Å²) >= 11 is 4.76. The van der Waals surface area contributed by atoms with Crippen LogP contribution in [0.15, 0.2) is 30.5 Å². The highest BCUT2D eigenvalue weighted by Crippen LogP contribution is 2.32. The van der Waals surface area contributed by atoms with Crippen LogP contribution in [0.4, 0.5) is 13.2 Å². The summed E-state index contributed by atoms with van der Waals surface area (Å²) in [6, 6.07) is 5.04. The fraction of sp³-hybridized carbons (Fsp3) is 0.182. The van der Waals surface area contributed by atoms with Gasteiger partial charge in [-0.25, -0.2) is 4.98 Å². The first kappa shape index (κ1) is 12.6. The summed E-state index contributed by atoms with van der Waals surface area (Å²) in [6.07, 6.45) is -2.57. The van der Waals surface area contributed by atoms with Gasteiger partial charge in [0, 0.05) is 22.0 Å². The van der Waals surface area contributed by atoms with E-state index in [0.717, 1.165) is 22.0 Å². The molecule has 0 spiro atoms. The SMILES string of the molecule is FC(F)(F)c1ccc(-c2ncc(CBr)s2)cc1. The van der Waals surface area contributed by atoms with Crippen molar-refractivity contribution in [1.82, 2.24) is 4.98 Å². The summed E-state index contributed by atoms with van der Waals surface area (Å²) in [5, 5.41) is 1.43. The topological polar surface area (TPSA) is 12.9 Å². The second kappa shape index (κ2) is 4.78. The Morgan fingerprint density at radius 2 is 1.82 bits per heavy atom. The Morgan fingerprint density at radius 1 is 1.18 bits per heavy atom. The summed E-state index contributed by atoms with van der Waals surface area (Å²) in [4.78, 5) is 5.20. The van der Waals surface area contributed by atoms with E-state index in [0.29, 0.717) is 10.9 Å². The second-order valence-electron chi connectivity index (χ2n) is 3.34. The highest BCUT2D eigenvalue weighted by molar-refractivity contribution is 9.08. The third-order valence-electron chi connectivity index (χ3n) is 2.14. The van der Waals surface area contributed by atoms with Crippen LogP contribution < -0.4 is 0 Å². The molecule has 0 amide bonds. The molecule has 0 atom stereocenters. The van der Waals surface area contributed by atoms with Crippen molar-refractivity contribution in [3.8, 4) is 10.6 Å². The smallest absolute Gasteiger partial charge is 0.244 e. The first-order chi connectivity index (χ1) is 8.00. The number of halogens is 4. The van der Waals surface area contributed by atoms with E-state index < -0.39 is 11.7 Å². The van der Waals surface area contributed by atoms with Crippen LogP contribution in [-0.2, 0) is 11.5 Å². The lowest BCUT2D eigenvalue weighted by atomic mass is 10.1. The van der Waals surface area contributed by atoms with Gasteiger partial charge in [0.15, 0.2) is 0 Å². The fourth-order valence-electron chi connectivity index (χ4n) is 1.30. The zero-order chi connectivity index (χ0) is 12.5. The van der Waals surface area contributed by atoms with Gasteiger partial charge in [-0.2, -0.15) is 13.2 Å². The molecular weight excluding hydrogens is 315 g/mol. The van der Waals surface area contributed by atoms with E-state index in [1.807, 2.05) is 0 Å². The van der Waals surface area contributed by atoms with E-state index in [-0.39, 0.29) is 0 Å². The maximum absolute atomic E-state index is 12.4. The Hall–Kier alpha value is -0.880. The van der Waals surface area contributed by atoms with Gasteiger partial charge in [0.2, 0.25) is 0 Å². The van der Waals surface area contributed by atoms with Crippen LogP contribution in [0, 0.1) is 0 Å². The van der Waals surface area contributed by atoms with Crippen molar-refractivity contribution in [2.75, 3.05) is 0 Å². The average molecular weight is 322 g/mol. The summed E-state index contributed by atoms with van der Waals surface area (Å²) in [7, 11) is 0. The molecule has 0 radical (unpaired) electrons. The molecule has 90 valence electrons. The summed E-state index contributed by atoms with van der Waals surface area (Å²) in [6.45, 7) is 0. The lowest BCUT2D eigenvalue weighted by Gasteiger charge is -2.06. The molecule has 0 fully saturated rings. The molecule has 1 aromatic carbocycles. The van der Waals surface area contributed by atoms with E-state index >= 15 is 0 Å². The standard InChI is InChI=1S/C11H7BrF3NS/c12-5-9-6-16-10(17-9)7-1-3-8(4-2-7)11(13,14)15/h1-4,6H,5H2. The number of benzene rings is 1. The van der Waals surface area contributed by atoms with Gasteiger partial charge < -0.3 is 0 Å². The van der Waals surface area contributed by atoms with Crippen LogP contribution in [0.5, 0.6) is 0 Å². The molecule has 6 heteroatoms. The summed E-state index contributed by atoms with van der Waals surface area (Å²) < 4.78 is 37.1. The number of thiazole rings is 1. The molecule has 1 nitrogen and oxygen atoms in total. The van der Waals surface area contributed by atoms with Gasteiger partial charge in [-0.05, 0) is 12.1 Å². The molecule has 0 saturated carbocycles. The largest absolute Gasteiger partial charge is 0.416 e. The highest BCUT2D eigenvalue weighted by Gasteiger charge is 2.30. The Balaban J connectivity index is 2.29. The maximum atomic E-state index is 12.4. The Kier molecular flexibility index (Phi) is 3.53. The van der Waals surface area contributed by atoms with E-state index in [4.69, 9.17) is 0 Å². The molecule has 17 heavy (non-hydrogen) atoms. The maximum Gasteiger partial charge on any atom is 0.416 e. The number of nitrogens with zero attached hydrogens (tertiary/aromatic N) is 1. The Bertz CT molecular complexity index is 504. The van der Waals surface area contributed by atoms with Crippen LogP contribution in [0.3, 0.4) is 0 Å². The van der Waals surface area contributed by atoms with Crippen LogP contribution in [0.25, 0.3) is 10.6 Å². The number of hydrogen-bond acceptors (Lipinski definition) is 2. The first-order valence-electron chi connectivity index (χ1n) is 4.69. The molecule has 0 unspecified atom stereocenters. The lowest BCUT2D eigenvalue weighted by Crippen LogP contribution is -2.03. The molecule has 0 bridgehead atoms. The van der Waals surface area contributed by atoms with E-state index in [2.05, 4.69) is 20.9 Å². The minimum Gasteiger partial charge on any atom is -0.244 e. The zero-order valence-corrected chi connectivity index (χ0v) is 10.9. The van der Waals surface area contributed by atoms with Gasteiger partial charge in [0.25, 0.3) is 0 Å². The Labute approximate surface area is 108 Å². The quantitative estimate of drug-likeness (QED) is 0.729.